The van der Waals surface area contributed by atoms with Gasteiger partial charge in [0.1, 0.15) is 12.4 Å². The molecule has 0 aliphatic heterocycles. The second kappa shape index (κ2) is 8.96. The van der Waals surface area contributed by atoms with E-state index in [9.17, 15) is 18.8 Å². The lowest BCUT2D eigenvalue weighted by molar-refractivity contribution is -0.141. The maximum atomic E-state index is 13.7. The molecule has 0 aliphatic carbocycles. The first-order valence-electron chi connectivity index (χ1n) is 7.58. The molecule has 0 aliphatic rings. The van der Waals surface area contributed by atoms with Crippen LogP contribution in [0.25, 0.3) is 0 Å². The zero-order valence-electron chi connectivity index (χ0n) is 13.8. The molecule has 0 spiro atoms. The maximum absolute atomic E-state index is 13.7. The van der Waals surface area contributed by atoms with Gasteiger partial charge in [-0.25, -0.2) is 4.39 Å². The Morgan fingerprint density at radius 2 is 1.81 bits per heavy atom. The van der Waals surface area contributed by atoms with E-state index in [0.29, 0.717) is 11.3 Å². The van der Waals surface area contributed by atoms with Crippen molar-refractivity contribution < 1.29 is 23.5 Å². The van der Waals surface area contributed by atoms with Crippen molar-refractivity contribution in [1.29, 1.82) is 0 Å². The molecule has 0 fully saturated rings. The minimum atomic E-state index is -0.714. The fraction of sp³-hybridized carbons (Fsp3) is 0.167. The molecule has 26 heavy (non-hydrogen) atoms. The van der Waals surface area contributed by atoms with Gasteiger partial charge in [0.25, 0.3) is 5.91 Å². The van der Waals surface area contributed by atoms with Gasteiger partial charge in [-0.1, -0.05) is 23.7 Å². The number of carbonyl (C=O) groups is 3. The van der Waals surface area contributed by atoms with Gasteiger partial charge in [0.15, 0.2) is 0 Å². The van der Waals surface area contributed by atoms with Crippen molar-refractivity contribution in [3.05, 3.63) is 64.4 Å². The number of halogens is 2. The van der Waals surface area contributed by atoms with Crippen LogP contribution in [-0.4, -0.2) is 31.4 Å². The van der Waals surface area contributed by atoms with Crippen LogP contribution in [0.3, 0.4) is 0 Å². The number of esters is 1. The van der Waals surface area contributed by atoms with E-state index >= 15 is 0 Å². The van der Waals surface area contributed by atoms with Crippen molar-refractivity contribution in [2.45, 2.75) is 6.42 Å². The summed E-state index contributed by atoms with van der Waals surface area (Å²) < 4.78 is 18.2. The van der Waals surface area contributed by atoms with Gasteiger partial charge in [0.2, 0.25) is 5.91 Å². The maximum Gasteiger partial charge on any atom is 0.325 e. The van der Waals surface area contributed by atoms with E-state index < -0.39 is 17.7 Å². The summed E-state index contributed by atoms with van der Waals surface area (Å²) in [5, 5.41) is 5.19. The summed E-state index contributed by atoms with van der Waals surface area (Å²) in [6.07, 6.45) is 0.0665. The molecule has 2 rings (SSSR count). The number of amides is 2. The van der Waals surface area contributed by atoms with E-state index in [-0.39, 0.29) is 29.5 Å². The lowest BCUT2D eigenvalue weighted by atomic mass is 10.1. The molecule has 2 aromatic rings. The van der Waals surface area contributed by atoms with E-state index in [0.717, 1.165) is 6.07 Å². The van der Waals surface area contributed by atoms with Crippen molar-refractivity contribution in [3.8, 4) is 0 Å². The van der Waals surface area contributed by atoms with E-state index in [1.807, 2.05) is 0 Å². The van der Waals surface area contributed by atoms with Crippen LogP contribution >= 0.6 is 11.6 Å². The minimum Gasteiger partial charge on any atom is -0.468 e. The van der Waals surface area contributed by atoms with E-state index in [1.54, 1.807) is 24.3 Å². The summed E-state index contributed by atoms with van der Waals surface area (Å²) in [6, 6.07) is 10.3. The summed E-state index contributed by atoms with van der Waals surface area (Å²) in [5.74, 6) is -2.20. The number of rotatable bonds is 6. The van der Waals surface area contributed by atoms with Gasteiger partial charge >= 0.3 is 5.97 Å². The Hall–Kier alpha value is -2.93. The Kier molecular flexibility index (Phi) is 6.68. The topological polar surface area (TPSA) is 84.5 Å². The lowest BCUT2D eigenvalue weighted by Gasteiger charge is -2.08. The number of hydrogen-bond acceptors (Lipinski definition) is 4. The standard InChI is InChI=1S/C18H16ClFN2O4/c1-26-17(24)10-21-16(23)8-11-2-5-13(6-3-11)22-18(25)14-7-4-12(19)9-15(14)20/h2-7,9H,8,10H2,1H3,(H,21,23)(H,22,25). The normalized spacial score (nSPS) is 10.1. The van der Waals surface area contributed by atoms with Crippen LogP contribution in [0.2, 0.25) is 5.02 Å². The molecule has 2 aromatic carbocycles. The molecule has 0 saturated carbocycles. The highest BCUT2D eigenvalue weighted by molar-refractivity contribution is 6.30. The average molecular weight is 379 g/mol. The van der Waals surface area contributed by atoms with Crippen molar-refractivity contribution in [3.63, 3.8) is 0 Å². The van der Waals surface area contributed by atoms with Crippen LogP contribution in [0.5, 0.6) is 0 Å². The fourth-order valence-electron chi connectivity index (χ4n) is 2.07. The van der Waals surface area contributed by atoms with Crippen LogP contribution in [0.15, 0.2) is 42.5 Å². The Morgan fingerprint density at radius 1 is 1.12 bits per heavy atom. The molecular formula is C18H16ClFN2O4. The molecular weight excluding hydrogens is 363 g/mol. The molecule has 0 unspecified atom stereocenters. The smallest absolute Gasteiger partial charge is 0.325 e. The Balaban J connectivity index is 1.93. The van der Waals surface area contributed by atoms with Crippen molar-refractivity contribution in [1.82, 2.24) is 5.32 Å². The van der Waals surface area contributed by atoms with Gasteiger partial charge in [-0.2, -0.15) is 0 Å². The quantitative estimate of drug-likeness (QED) is 0.757. The average Bonchev–Trinajstić information content (AvgIpc) is 2.61. The van der Waals surface area contributed by atoms with Crippen molar-refractivity contribution in [2.24, 2.45) is 0 Å². The number of methoxy groups -OCH3 is 1. The van der Waals surface area contributed by atoms with Crippen molar-refractivity contribution >= 4 is 35.1 Å². The second-order valence-electron chi connectivity index (χ2n) is 5.30. The fourth-order valence-corrected chi connectivity index (χ4v) is 2.23. The number of hydrogen-bond donors (Lipinski definition) is 2. The first-order valence-corrected chi connectivity index (χ1v) is 7.95. The van der Waals surface area contributed by atoms with Crippen LogP contribution < -0.4 is 10.6 Å². The second-order valence-corrected chi connectivity index (χ2v) is 5.74. The zero-order chi connectivity index (χ0) is 19.1. The summed E-state index contributed by atoms with van der Waals surface area (Å²) in [5.41, 5.74) is 1.01. The van der Waals surface area contributed by atoms with Crippen LogP contribution in [-0.2, 0) is 20.7 Å². The Bertz CT molecular complexity index is 824. The third-order valence-corrected chi connectivity index (χ3v) is 3.64. The van der Waals surface area contributed by atoms with Gasteiger partial charge in [-0.05, 0) is 35.9 Å². The predicted octanol–water partition coefficient (Wildman–Crippen LogP) is 2.56. The molecule has 0 atom stereocenters. The molecule has 8 heteroatoms. The highest BCUT2D eigenvalue weighted by atomic mass is 35.5. The molecule has 0 bridgehead atoms. The van der Waals surface area contributed by atoms with Crippen LogP contribution in [0.1, 0.15) is 15.9 Å². The van der Waals surface area contributed by atoms with Gasteiger partial charge in [0, 0.05) is 10.7 Å². The highest BCUT2D eigenvalue weighted by Gasteiger charge is 2.12. The summed E-state index contributed by atoms with van der Waals surface area (Å²) in [4.78, 5) is 34.8. The molecule has 2 N–H and O–H groups in total. The van der Waals surface area contributed by atoms with Crippen molar-refractivity contribution in [2.75, 3.05) is 19.0 Å². The summed E-state index contributed by atoms with van der Waals surface area (Å²) in [7, 11) is 1.23. The lowest BCUT2D eigenvalue weighted by Crippen LogP contribution is -2.31. The third kappa shape index (κ3) is 5.56. The largest absolute Gasteiger partial charge is 0.468 e. The molecule has 136 valence electrons. The third-order valence-electron chi connectivity index (χ3n) is 3.41. The van der Waals surface area contributed by atoms with Gasteiger partial charge in [-0.3, -0.25) is 14.4 Å². The Labute approximate surface area is 154 Å². The number of nitrogens with one attached hydrogen (secondary N) is 2. The van der Waals surface area contributed by atoms with Gasteiger partial charge in [-0.15, -0.1) is 0 Å². The number of ether oxygens (including phenoxy) is 1. The molecule has 0 aromatic heterocycles. The highest BCUT2D eigenvalue weighted by Crippen LogP contribution is 2.17. The molecule has 0 radical (unpaired) electrons. The number of benzene rings is 2. The van der Waals surface area contributed by atoms with E-state index in [2.05, 4.69) is 15.4 Å². The van der Waals surface area contributed by atoms with Gasteiger partial charge < -0.3 is 15.4 Å². The van der Waals surface area contributed by atoms with Crippen LogP contribution in [0, 0.1) is 5.82 Å². The van der Waals surface area contributed by atoms with Crippen LogP contribution in [0.4, 0.5) is 10.1 Å². The monoisotopic (exact) mass is 378 g/mol. The zero-order valence-corrected chi connectivity index (χ0v) is 14.6. The Morgan fingerprint density at radius 3 is 2.42 bits per heavy atom. The molecule has 0 saturated heterocycles. The first kappa shape index (κ1) is 19.4. The number of anilines is 1. The number of carbonyl (C=O) groups excluding carboxylic acids is 3. The van der Waals surface area contributed by atoms with E-state index in [1.165, 1.54) is 19.2 Å². The molecule has 6 nitrogen and oxygen atoms in total. The minimum absolute atomic E-state index is 0.0665. The van der Waals surface area contributed by atoms with E-state index in [4.69, 9.17) is 11.6 Å². The predicted molar refractivity (Wildman–Crippen MR) is 94.5 cm³/mol. The summed E-state index contributed by atoms with van der Waals surface area (Å²) in [6.45, 7) is -0.198. The first-order chi connectivity index (χ1) is 12.4. The summed E-state index contributed by atoms with van der Waals surface area (Å²) >= 11 is 5.66. The molecule has 2 amide bonds. The molecule has 0 heterocycles. The van der Waals surface area contributed by atoms with Gasteiger partial charge in [0.05, 0.1) is 19.1 Å². The SMILES string of the molecule is COC(=O)CNC(=O)Cc1ccc(NC(=O)c2ccc(Cl)cc2F)cc1.